The van der Waals surface area contributed by atoms with E-state index in [0.717, 1.165) is 31.4 Å². The minimum absolute atomic E-state index is 0.0165. The summed E-state index contributed by atoms with van der Waals surface area (Å²) >= 11 is 0. The summed E-state index contributed by atoms with van der Waals surface area (Å²) in [6.45, 7) is 1.70. The number of carbonyl (C=O) groups excluding carboxylic acids is 1. The predicted octanol–water partition coefficient (Wildman–Crippen LogP) is 1.84. The smallest absolute Gasteiger partial charge is 0.323 e. The Morgan fingerprint density at radius 1 is 1.48 bits per heavy atom. The van der Waals surface area contributed by atoms with Crippen molar-refractivity contribution in [3.05, 3.63) is 11.9 Å². The van der Waals surface area contributed by atoms with E-state index in [1.807, 2.05) is 6.92 Å². The van der Waals surface area contributed by atoms with E-state index in [0.29, 0.717) is 12.1 Å². The lowest BCUT2D eigenvalue weighted by atomic mass is 10.2. The van der Waals surface area contributed by atoms with Crippen molar-refractivity contribution in [2.24, 2.45) is 7.05 Å². The number of carboxylic acids is 1. The van der Waals surface area contributed by atoms with Crippen molar-refractivity contribution in [2.75, 3.05) is 11.9 Å². The lowest BCUT2D eigenvalue weighted by molar-refractivity contribution is -0.138. The number of nitrogens with one attached hydrogen (secondary N) is 1. The van der Waals surface area contributed by atoms with Gasteiger partial charge >= 0.3 is 12.0 Å². The van der Waals surface area contributed by atoms with Gasteiger partial charge in [0, 0.05) is 19.3 Å². The molecule has 1 aliphatic rings. The van der Waals surface area contributed by atoms with Crippen molar-refractivity contribution in [3.63, 3.8) is 0 Å². The topological polar surface area (TPSA) is 87.5 Å². The van der Waals surface area contributed by atoms with E-state index in [9.17, 15) is 9.59 Å². The molecule has 0 radical (unpaired) electrons. The normalized spacial score (nSPS) is 15.1. The Morgan fingerprint density at radius 2 is 2.14 bits per heavy atom. The van der Waals surface area contributed by atoms with Gasteiger partial charge in [-0.1, -0.05) is 19.8 Å². The fraction of sp³-hybridized carbons (Fsp3) is 0.643. The van der Waals surface area contributed by atoms with Crippen LogP contribution in [-0.2, 0) is 18.3 Å². The molecule has 2 amide bonds. The first-order valence-electron chi connectivity index (χ1n) is 7.33. The summed E-state index contributed by atoms with van der Waals surface area (Å²) in [4.78, 5) is 24.9. The molecule has 0 bridgehead atoms. The van der Waals surface area contributed by atoms with E-state index in [1.165, 1.54) is 4.90 Å². The molecule has 7 heteroatoms. The highest BCUT2D eigenvalue weighted by Crippen LogP contribution is 2.24. The molecule has 1 heterocycles. The molecule has 0 saturated heterocycles. The van der Waals surface area contributed by atoms with Crippen LogP contribution in [0.1, 0.15) is 38.3 Å². The number of urea groups is 1. The summed E-state index contributed by atoms with van der Waals surface area (Å²) in [5, 5.41) is 16.1. The maximum absolute atomic E-state index is 12.4. The van der Waals surface area contributed by atoms with E-state index in [4.69, 9.17) is 5.11 Å². The largest absolute Gasteiger partial charge is 0.480 e. The van der Waals surface area contributed by atoms with Crippen LogP contribution in [-0.4, -0.2) is 44.4 Å². The first-order valence-corrected chi connectivity index (χ1v) is 7.33. The van der Waals surface area contributed by atoms with E-state index in [1.54, 1.807) is 17.9 Å². The maximum Gasteiger partial charge on any atom is 0.323 e. The van der Waals surface area contributed by atoms with Gasteiger partial charge in [-0.25, -0.2) is 4.79 Å². The Bertz CT molecular complexity index is 520. The van der Waals surface area contributed by atoms with Crippen LogP contribution in [0.2, 0.25) is 0 Å². The number of aryl methyl sites for hydroxylation is 2. The summed E-state index contributed by atoms with van der Waals surface area (Å²) in [7, 11) is 1.79. The molecule has 0 unspecified atom stereocenters. The maximum atomic E-state index is 12.4. The summed E-state index contributed by atoms with van der Waals surface area (Å²) in [5.41, 5.74) is 1.45. The summed E-state index contributed by atoms with van der Waals surface area (Å²) < 4.78 is 1.64. The number of amides is 2. The molecule has 1 aromatic rings. The highest BCUT2D eigenvalue weighted by atomic mass is 16.4. The molecule has 2 N–H and O–H groups in total. The van der Waals surface area contributed by atoms with Crippen molar-refractivity contribution >= 4 is 17.7 Å². The van der Waals surface area contributed by atoms with Gasteiger partial charge in [0.25, 0.3) is 0 Å². The summed E-state index contributed by atoms with van der Waals surface area (Å²) in [6.07, 6.45) is 6.27. The molecular formula is C14H22N4O3. The average molecular weight is 294 g/mol. The highest BCUT2D eigenvalue weighted by molar-refractivity contribution is 5.92. The number of aromatic nitrogens is 2. The average Bonchev–Trinajstić information content (AvgIpc) is 3.05. The predicted molar refractivity (Wildman–Crippen MR) is 78.2 cm³/mol. The van der Waals surface area contributed by atoms with Crippen molar-refractivity contribution in [1.82, 2.24) is 14.7 Å². The van der Waals surface area contributed by atoms with Crippen molar-refractivity contribution < 1.29 is 14.7 Å². The fourth-order valence-electron chi connectivity index (χ4n) is 2.82. The fourth-order valence-corrected chi connectivity index (χ4v) is 2.82. The molecule has 1 saturated carbocycles. The van der Waals surface area contributed by atoms with Crippen molar-refractivity contribution in [2.45, 2.75) is 45.1 Å². The Balaban J connectivity index is 2.11. The van der Waals surface area contributed by atoms with Gasteiger partial charge in [-0.2, -0.15) is 5.10 Å². The molecule has 116 valence electrons. The molecule has 0 atom stereocenters. The van der Waals surface area contributed by atoms with Crippen LogP contribution in [0.3, 0.4) is 0 Å². The number of aliphatic carboxylic acids is 1. The zero-order chi connectivity index (χ0) is 15.4. The molecule has 1 aliphatic carbocycles. The number of rotatable bonds is 5. The number of carbonyl (C=O) groups is 2. The van der Waals surface area contributed by atoms with Gasteiger partial charge in [0.05, 0.1) is 11.4 Å². The number of hydrogen-bond acceptors (Lipinski definition) is 3. The third-order valence-corrected chi connectivity index (χ3v) is 3.81. The minimum Gasteiger partial charge on any atom is -0.480 e. The monoisotopic (exact) mass is 294 g/mol. The lowest BCUT2D eigenvalue weighted by Gasteiger charge is -2.27. The molecular weight excluding hydrogens is 272 g/mol. The van der Waals surface area contributed by atoms with Gasteiger partial charge < -0.3 is 15.3 Å². The van der Waals surface area contributed by atoms with Crippen LogP contribution in [0, 0.1) is 0 Å². The standard InChI is InChI=1S/C14H22N4O3/c1-3-11-12(8-17(2)16-11)15-14(21)18(9-13(19)20)10-6-4-5-7-10/h8,10H,3-7,9H2,1-2H3,(H,15,21)(H,19,20). The second kappa shape index (κ2) is 6.60. The molecule has 2 rings (SSSR count). The van der Waals surface area contributed by atoms with Gasteiger partial charge in [-0.15, -0.1) is 0 Å². The van der Waals surface area contributed by atoms with Crippen LogP contribution < -0.4 is 5.32 Å². The summed E-state index contributed by atoms with van der Waals surface area (Å²) in [6, 6.07) is -0.338. The third kappa shape index (κ3) is 3.74. The van der Waals surface area contributed by atoms with Crippen molar-refractivity contribution in [1.29, 1.82) is 0 Å². The van der Waals surface area contributed by atoms with Crippen molar-refractivity contribution in [3.8, 4) is 0 Å². The van der Waals surface area contributed by atoms with E-state index in [2.05, 4.69) is 10.4 Å². The lowest BCUT2D eigenvalue weighted by Crippen LogP contribution is -2.44. The van der Waals surface area contributed by atoms with Crippen LogP contribution in [0.4, 0.5) is 10.5 Å². The Labute approximate surface area is 123 Å². The zero-order valence-corrected chi connectivity index (χ0v) is 12.5. The first-order chi connectivity index (χ1) is 10.0. The first kappa shape index (κ1) is 15.3. The van der Waals surface area contributed by atoms with E-state index in [-0.39, 0.29) is 18.6 Å². The number of anilines is 1. The molecule has 0 aromatic carbocycles. The number of carboxylic acid groups (broad SMARTS) is 1. The molecule has 0 aliphatic heterocycles. The van der Waals surface area contributed by atoms with Gasteiger partial charge in [0.2, 0.25) is 0 Å². The second-order valence-corrected chi connectivity index (χ2v) is 5.41. The van der Waals surface area contributed by atoms with Crippen LogP contribution in [0.25, 0.3) is 0 Å². The molecule has 0 spiro atoms. The molecule has 1 fully saturated rings. The van der Waals surface area contributed by atoms with Crippen LogP contribution in [0.15, 0.2) is 6.20 Å². The van der Waals surface area contributed by atoms with E-state index < -0.39 is 5.97 Å². The SMILES string of the molecule is CCc1nn(C)cc1NC(=O)N(CC(=O)O)C1CCCC1. The molecule has 1 aromatic heterocycles. The quantitative estimate of drug-likeness (QED) is 0.867. The van der Waals surface area contributed by atoms with Crippen LogP contribution in [0.5, 0.6) is 0 Å². The Hall–Kier alpha value is -2.05. The number of nitrogens with zero attached hydrogens (tertiary/aromatic N) is 3. The van der Waals surface area contributed by atoms with Gasteiger partial charge in [0.1, 0.15) is 6.54 Å². The van der Waals surface area contributed by atoms with Gasteiger partial charge in [0.15, 0.2) is 0 Å². The Morgan fingerprint density at radius 3 is 2.71 bits per heavy atom. The third-order valence-electron chi connectivity index (χ3n) is 3.81. The summed E-state index contributed by atoms with van der Waals surface area (Å²) in [5.74, 6) is -0.987. The minimum atomic E-state index is -0.987. The molecule has 7 nitrogen and oxygen atoms in total. The second-order valence-electron chi connectivity index (χ2n) is 5.41. The highest BCUT2D eigenvalue weighted by Gasteiger charge is 2.28. The molecule has 21 heavy (non-hydrogen) atoms. The number of hydrogen-bond donors (Lipinski definition) is 2. The van der Waals surface area contributed by atoms with Crippen LogP contribution >= 0.6 is 0 Å². The van der Waals surface area contributed by atoms with Gasteiger partial charge in [-0.05, 0) is 19.3 Å². The zero-order valence-electron chi connectivity index (χ0n) is 12.5. The Kier molecular flexibility index (Phi) is 4.82. The van der Waals surface area contributed by atoms with Gasteiger partial charge in [-0.3, -0.25) is 9.48 Å². The van der Waals surface area contributed by atoms with E-state index >= 15 is 0 Å².